The number of benzene rings is 2. The molecular weight excluding hydrogens is 408 g/mol. The first-order valence-electron chi connectivity index (χ1n) is 10.5. The number of aliphatic hydroxyl groups is 1. The number of ether oxygens (including phenoxy) is 2. The molecule has 0 saturated carbocycles. The Hall–Kier alpha value is -3.58. The van der Waals surface area contributed by atoms with Gasteiger partial charge < -0.3 is 24.5 Å². The zero-order valence-electron chi connectivity index (χ0n) is 18.3. The molecule has 2 N–H and O–H groups in total. The zero-order chi connectivity index (χ0) is 22.8. The van der Waals surface area contributed by atoms with Gasteiger partial charge in [0.15, 0.2) is 0 Å². The number of carbonyl (C=O) groups is 2. The number of Topliss-reactive ketones (excluding diaryl/α,β-unsaturated/α-hetero) is 1. The largest absolute Gasteiger partial charge is 0.507 e. The molecule has 1 aliphatic heterocycles. The first-order chi connectivity index (χ1) is 15.5. The summed E-state index contributed by atoms with van der Waals surface area (Å²) in [6.45, 7) is 2.70. The lowest BCUT2D eigenvalue weighted by atomic mass is 9.93. The fourth-order valence-corrected chi connectivity index (χ4v) is 4.37. The second-order valence-corrected chi connectivity index (χ2v) is 7.78. The molecule has 1 aliphatic rings. The van der Waals surface area contributed by atoms with E-state index < -0.39 is 17.7 Å². The molecule has 32 heavy (non-hydrogen) atoms. The number of aryl methyl sites for hydroxylation is 1. The molecule has 1 unspecified atom stereocenters. The number of fused-ring (bicyclic) bond motifs is 1. The smallest absolute Gasteiger partial charge is 0.295 e. The molecule has 0 spiro atoms. The van der Waals surface area contributed by atoms with Gasteiger partial charge in [-0.25, -0.2) is 0 Å². The molecule has 0 radical (unpaired) electrons. The van der Waals surface area contributed by atoms with Crippen molar-refractivity contribution in [1.82, 2.24) is 9.88 Å². The van der Waals surface area contributed by atoms with E-state index in [0.29, 0.717) is 30.9 Å². The Labute approximate surface area is 186 Å². The maximum Gasteiger partial charge on any atom is 0.295 e. The molecule has 7 nitrogen and oxygen atoms in total. The van der Waals surface area contributed by atoms with Gasteiger partial charge in [-0.15, -0.1) is 0 Å². The van der Waals surface area contributed by atoms with E-state index in [2.05, 4.69) is 4.98 Å². The standard InChI is InChI=1S/C25H26N2O5/c1-15-20(18-10-4-5-11-19(18)26-15)22-21(23(28)16-8-6-9-17(14-16)32-3)24(29)25(30)27(22)12-7-13-31-2/h4-6,8-11,14,22,26,28H,7,12-13H2,1-3H3/b23-21+. The molecule has 1 saturated heterocycles. The number of hydrogen-bond donors (Lipinski definition) is 2. The fraction of sp³-hybridized carbons (Fsp3) is 0.280. The van der Waals surface area contributed by atoms with Gasteiger partial charge in [-0.1, -0.05) is 30.3 Å². The number of methoxy groups -OCH3 is 2. The summed E-state index contributed by atoms with van der Waals surface area (Å²) in [4.78, 5) is 31.1. The monoisotopic (exact) mass is 434 g/mol. The van der Waals surface area contributed by atoms with Gasteiger partial charge >= 0.3 is 0 Å². The van der Waals surface area contributed by atoms with Gasteiger partial charge in [0.25, 0.3) is 11.7 Å². The number of aromatic nitrogens is 1. The number of H-pyrrole nitrogens is 1. The number of aromatic amines is 1. The Morgan fingerprint density at radius 1 is 1.12 bits per heavy atom. The molecule has 2 aromatic carbocycles. The quantitative estimate of drug-likeness (QED) is 0.254. The topological polar surface area (TPSA) is 91.9 Å². The summed E-state index contributed by atoms with van der Waals surface area (Å²) in [6, 6.07) is 13.8. The number of amides is 1. The van der Waals surface area contributed by atoms with Gasteiger partial charge in [-0.05, 0) is 31.5 Å². The molecule has 3 aromatic rings. The summed E-state index contributed by atoms with van der Waals surface area (Å²) < 4.78 is 10.4. The number of nitrogens with one attached hydrogen (secondary N) is 1. The highest BCUT2D eigenvalue weighted by molar-refractivity contribution is 6.46. The van der Waals surface area contributed by atoms with E-state index in [1.807, 2.05) is 31.2 Å². The molecule has 1 atom stereocenters. The number of rotatable bonds is 7. The van der Waals surface area contributed by atoms with Crippen molar-refractivity contribution in [3.8, 4) is 5.75 Å². The number of para-hydroxylation sites is 1. The minimum absolute atomic E-state index is 0.0773. The average Bonchev–Trinajstić information content (AvgIpc) is 3.26. The SMILES string of the molecule is COCCCN1C(=O)C(=O)/C(=C(/O)c2cccc(OC)c2)C1c1c(C)[nH]c2ccccc12. The van der Waals surface area contributed by atoms with Crippen LogP contribution in [-0.2, 0) is 14.3 Å². The molecule has 0 bridgehead atoms. The van der Waals surface area contributed by atoms with Crippen LogP contribution in [0.25, 0.3) is 16.7 Å². The van der Waals surface area contributed by atoms with Crippen LogP contribution in [0.1, 0.15) is 29.3 Å². The molecule has 4 rings (SSSR count). The maximum atomic E-state index is 13.2. The van der Waals surface area contributed by atoms with E-state index in [0.717, 1.165) is 22.2 Å². The van der Waals surface area contributed by atoms with Crippen LogP contribution >= 0.6 is 0 Å². The van der Waals surface area contributed by atoms with Gasteiger partial charge in [0, 0.05) is 48.0 Å². The summed E-state index contributed by atoms with van der Waals surface area (Å²) in [5.41, 5.74) is 3.05. The second kappa shape index (κ2) is 8.88. The molecule has 1 fully saturated rings. The van der Waals surface area contributed by atoms with Crippen LogP contribution in [0.3, 0.4) is 0 Å². The highest BCUT2D eigenvalue weighted by atomic mass is 16.5. The van der Waals surface area contributed by atoms with E-state index >= 15 is 0 Å². The lowest BCUT2D eigenvalue weighted by molar-refractivity contribution is -0.140. The van der Waals surface area contributed by atoms with E-state index in [1.165, 1.54) is 12.0 Å². The lowest BCUT2D eigenvalue weighted by Crippen LogP contribution is -2.31. The fourth-order valence-electron chi connectivity index (χ4n) is 4.37. The third-order valence-electron chi connectivity index (χ3n) is 5.85. The molecule has 1 amide bonds. The summed E-state index contributed by atoms with van der Waals surface area (Å²) in [5.74, 6) is -0.994. The van der Waals surface area contributed by atoms with E-state index in [4.69, 9.17) is 9.47 Å². The summed E-state index contributed by atoms with van der Waals surface area (Å²) in [5, 5.41) is 12.1. The van der Waals surface area contributed by atoms with Crippen LogP contribution in [0, 0.1) is 6.92 Å². The predicted molar refractivity (Wildman–Crippen MR) is 122 cm³/mol. The van der Waals surface area contributed by atoms with Crippen LogP contribution in [0.4, 0.5) is 0 Å². The van der Waals surface area contributed by atoms with Crippen molar-refractivity contribution in [3.63, 3.8) is 0 Å². The third-order valence-corrected chi connectivity index (χ3v) is 5.85. The molecule has 7 heteroatoms. The molecule has 0 aliphatic carbocycles. The highest BCUT2D eigenvalue weighted by Gasteiger charge is 2.47. The van der Waals surface area contributed by atoms with Crippen LogP contribution in [-0.4, -0.2) is 54.1 Å². The van der Waals surface area contributed by atoms with Crippen molar-refractivity contribution >= 4 is 28.4 Å². The minimum atomic E-state index is -0.714. The Morgan fingerprint density at radius 3 is 2.66 bits per heavy atom. The predicted octanol–water partition coefficient (Wildman–Crippen LogP) is 3.94. The summed E-state index contributed by atoms with van der Waals surface area (Å²) in [7, 11) is 3.13. The van der Waals surface area contributed by atoms with Crippen LogP contribution < -0.4 is 4.74 Å². The Kier molecular flexibility index (Phi) is 6.01. The molecule has 2 heterocycles. The zero-order valence-corrected chi connectivity index (χ0v) is 18.3. The van der Waals surface area contributed by atoms with Crippen molar-refractivity contribution in [2.24, 2.45) is 0 Å². The van der Waals surface area contributed by atoms with E-state index in [-0.39, 0.29) is 11.3 Å². The van der Waals surface area contributed by atoms with Gasteiger partial charge in [0.05, 0.1) is 18.7 Å². The second-order valence-electron chi connectivity index (χ2n) is 7.78. The van der Waals surface area contributed by atoms with Gasteiger partial charge in [0.2, 0.25) is 0 Å². The normalized spacial score (nSPS) is 18.0. The Balaban J connectivity index is 1.93. The lowest BCUT2D eigenvalue weighted by Gasteiger charge is -2.25. The maximum absolute atomic E-state index is 13.2. The third kappa shape index (κ3) is 3.65. The summed E-state index contributed by atoms with van der Waals surface area (Å²) in [6.07, 6.45) is 0.570. The van der Waals surface area contributed by atoms with Crippen molar-refractivity contribution in [2.75, 3.05) is 27.4 Å². The van der Waals surface area contributed by atoms with E-state index in [1.54, 1.807) is 31.4 Å². The summed E-state index contributed by atoms with van der Waals surface area (Å²) >= 11 is 0. The van der Waals surface area contributed by atoms with Gasteiger partial charge in [0.1, 0.15) is 11.5 Å². The number of likely N-dealkylation sites (tertiary alicyclic amines) is 1. The van der Waals surface area contributed by atoms with Crippen LogP contribution in [0.15, 0.2) is 54.1 Å². The number of hydrogen-bond acceptors (Lipinski definition) is 5. The average molecular weight is 434 g/mol. The number of aliphatic hydroxyl groups excluding tert-OH is 1. The molecule has 166 valence electrons. The molecular formula is C25H26N2O5. The molecule has 1 aromatic heterocycles. The number of ketones is 1. The number of carbonyl (C=O) groups excluding carboxylic acids is 2. The van der Waals surface area contributed by atoms with Crippen molar-refractivity contribution in [2.45, 2.75) is 19.4 Å². The number of nitrogens with zero attached hydrogens (tertiary/aromatic N) is 1. The van der Waals surface area contributed by atoms with Crippen molar-refractivity contribution in [1.29, 1.82) is 0 Å². The first-order valence-corrected chi connectivity index (χ1v) is 10.5. The van der Waals surface area contributed by atoms with Crippen LogP contribution in [0.5, 0.6) is 5.75 Å². The van der Waals surface area contributed by atoms with Gasteiger partial charge in [-0.3, -0.25) is 9.59 Å². The minimum Gasteiger partial charge on any atom is -0.507 e. The van der Waals surface area contributed by atoms with Crippen LogP contribution in [0.2, 0.25) is 0 Å². The first kappa shape index (κ1) is 21.6. The Bertz CT molecular complexity index is 1210. The van der Waals surface area contributed by atoms with Gasteiger partial charge in [-0.2, -0.15) is 0 Å². The Morgan fingerprint density at radius 2 is 1.91 bits per heavy atom. The highest BCUT2D eigenvalue weighted by Crippen LogP contribution is 2.43. The van der Waals surface area contributed by atoms with Crippen molar-refractivity contribution in [3.05, 3.63) is 70.9 Å². The van der Waals surface area contributed by atoms with E-state index in [9.17, 15) is 14.7 Å². The van der Waals surface area contributed by atoms with Crippen molar-refractivity contribution < 1.29 is 24.2 Å².